The van der Waals surface area contributed by atoms with Crippen molar-refractivity contribution < 1.29 is 18.9 Å². The van der Waals surface area contributed by atoms with Crippen LogP contribution in [-0.2, 0) is 22.3 Å². The number of rotatable bonds is 12. The van der Waals surface area contributed by atoms with Crippen molar-refractivity contribution in [2.24, 2.45) is 0 Å². The number of hydrogen-bond acceptors (Lipinski definition) is 7. The molecule has 6 nitrogen and oxygen atoms in total. The van der Waals surface area contributed by atoms with Crippen LogP contribution in [0.15, 0.2) is 48.5 Å². The highest BCUT2D eigenvalue weighted by molar-refractivity contribution is 7.11. The summed E-state index contributed by atoms with van der Waals surface area (Å²) in [5.74, 6) is 1.74. The van der Waals surface area contributed by atoms with Gasteiger partial charge in [0.15, 0.2) is 0 Å². The highest BCUT2D eigenvalue weighted by atomic mass is 32.1. The molecule has 3 aromatic rings. The van der Waals surface area contributed by atoms with Crippen LogP contribution in [0.25, 0.3) is 0 Å². The summed E-state index contributed by atoms with van der Waals surface area (Å²) in [6.07, 6.45) is 1.65. The summed E-state index contributed by atoms with van der Waals surface area (Å²) < 4.78 is 21.5. The minimum atomic E-state index is 0. The van der Waals surface area contributed by atoms with E-state index in [1.807, 2.05) is 24.3 Å². The molecule has 2 aromatic carbocycles. The van der Waals surface area contributed by atoms with E-state index in [0.29, 0.717) is 26.4 Å². The Morgan fingerprint density at radius 1 is 0.774 bits per heavy atom. The Hall–Kier alpha value is -2.45. The lowest BCUT2D eigenvalue weighted by molar-refractivity contribution is 0.146. The van der Waals surface area contributed by atoms with E-state index in [0.717, 1.165) is 35.0 Å². The summed E-state index contributed by atoms with van der Waals surface area (Å²) in [5.41, 5.74) is 3.50. The quantitative estimate of drug-likeness (QED) is 0.402. The smallest absolute Gasteiger partial charge is 0.119 e. The number of aryl methyl sites for hydroxylation is 1. The first-order valence-corrected chi connectivity index (χ1v) is 10.9. The van der Waals surface area contributed by atoms with Gasteiger partial charge < -0.3 is 25.1 Å². The molecule has 0 radical (unpaired) electrons. The lowest BCUT2D eigenvalue weighted by Gasteiger charge is -2.07. The van der Waals surface area contributed by atoms with Crippen LogP contribution in [0, 0.1) is 6.92 Å². The van der Waals surface area contributed by atoms with Crippen LogP contribution >= 0.6 is 11.3 Å². The number of thiazole rings is 1. The Labute approximate surface area is 188 Å². The monoisotopic (exact) mass is 444 g/mol. The van der Waals surface area contributed by atoms with Gasteiger partial charge >= 0.3 is 0 Å². The van der Waals surface area contributed by atoms with Gasteiger partial charge in [-0.25, -0.2) is 4.98 Å². The lowest BCUT2D eigenvalue weighted by Crippen LogP contribution is -2.04. The molecule has 0 atom stereocenters. The summed E-state index contributed by atoms with van der Waals surface area (Å²) in [6.45, 7) is 4.35. The third-order valence-corrected chi connectivity index (χ3v) is 5.72. The Balaban J connectivity index is 0.00000341. The van der Waals surface area contributed by atoms with E-state index < -0.39 is 0 Å². The maximum atomic E-state index is 5.73. The van der Waals surface area contributed by atoms with Gasteiger partial charge in [0.05, 0.1) is 23.9 Å². The molecule has 0 saturated carbocycles. The molecule has 168 valence electrons. The molecular formula is C24H32N2O4S. The van der Waals surface area contributed by atoms with Crippen molar-refractivity contribution >= 4 is 11.3 Å². The fraction of sp³-hybridized carbons (Fsp3) is 0.375. The first kappa shape index (κ1) is 24.8. The first-order valence-electron chi connectivity index (χ1n) is 10.0. The number of methoxy groups -OCH3 is 2. The van der Waals surface area contributed by atoms with Crippen molar-refractivity contribution in [2.75, 3.05) is 40.6 Å². The van der Waals surface area contributed by atoms with Crippen LogP contribution < -0.4 is 15.6 Å². The average Bonchev–Trinajstić information content (AvgIpc) is 3.07. The summed E-state index contributed by atoms with van der Waals surface area (Å²) in [5, 5.41) is 1.11. The van der Waals surface area contributed by atoms with Crippen LogP contribution in [0.5, 0.6) is 11.5 Å². The molecule has 0 spiro atoms. The third kappa shape index (κ3) is 7.95. The van der Waals surface area contributed by atoms with Crippen LogP contribution in [0.3, 0.4) is 0 Å². The second-order valence-corrected chi connectivity index (χ2v) is 8.12. The molecule has 0 unspecified atom stereocenters. The topological polar surface area (TPSA) is 84.8 Å². The molecule has 31 heavy (non-hydrogen) atoms. The van der Waals surface area contributed by atoms with E-state index >= 15 is 0 Å². The van der Waals surface area contributed by atoms with Crippen molar-refractivity contribution in [3.05, 3.63) is 75.2 Å². The predicted octanol–water partition coefficient (Wildman–Crippen LogP) is 4.85. The van der Waals surface area contributed by atoms with Gasteiger partial charge in [0, 0.05) is 31.9 Å². The van der Waals surface area contributed by atoms with Gasteiger partial charge in [-0.15, -0.1) is 11.3 Å². The zero-order valence-corrected chi connectivity index (χ0v) is 19.4. The molecule has 1 heterocycles. The zero-order valence-electron chi connectivity index (χ0n) is 18.6. The number of nitrogens with zero attached hydrogens (tertiary/aromatic N) is 1. The standard InChI is InChI=1S/C24H29NO4S.H3N/c1-18-23(16-19-6-4-8-21(14-19)28-12-10-26-2)30-24(25-18)17-20-7-5-9-22(15-20)29-13-11-27-3;/h4-9,14-15H,10-13,16-17H2,1-3H3;1H3. The second-order valence-electron chi connectivity index (χ2n) is 6.95. The van der Waals surface area contributed by atoms with Crippen molar-refractivity contribution in [1.29, 1.82) is 0 Å². The largest absolute Gasteiger partial charge is 0.491 e. The van der Waals surface area contributed by atoms with Gasteiger partial charge in [0.1, 0.15) is 24.7 Å². The molecule has 0 amide bonds. The molecule has 0 fully saturated rings. The van der Waals surface area contributed by atoms with Crippen LogP contribution in [0.1, 0.15) is 26.7 Å². The second kappa shape index (κ2) is 13.1. The highest BCUT2D eigenvalue weighted by Crippen LogP contribution is 2.26. The number of ether oxygens (including phenoxy) is 4. The molecule has 3 N–H and O–H groups in total. The molecule has 0 aliphatic rings. The third-order valence-electron chi connectivity index (χ3n) is 4.57. The normalized spacial score (nSPS) is 10.5. The Morgan fingerprint density at radius 2 is 1.32 bits per heavy atom. The van der Waals surface area contributed by atoms with E-state index in [-0.39, 0.29) is 6.15 Å². The fourth-order valence-corrected chi connectivity index (χ4v) is 4.20. The summed E-state index contributed by atoms with van der Waals surface area (Å²) in [4.78, 5) is 6.08. The molecule has 3 rings (SSSR count). The van der Waals surface area contributed by atoms with Crippen molar-refractivity contribution in [2.45, 2.75) is 19.8 Å². The van der Waals surface area contributed by atoms with Crippen molar-refractivity contribution in [1.82, 2.24) is 11.1 Å². The summed E-state index contributed by atoms with van der Waals surface area (Å²) >= 11 is 1.77. The molecule has 1 aromatic heterocycles. The van der Waals surface area contributed by atoms with Crippen LogP contribution in [-0.4, -0.2) is 45.6 Å². The van der Waals surface area contributed by atoms with Gasteiger partial charge in [-0.2, -0.15) is 0 Å². The molecule has 0 saturated heterocycles. The first-order chi connectivity index (χ1) is 14.7. The highest BCUT2D eigenvalue weighted by Gasteiger charge is 2.10. The maximum Gasteiger partial charge on any atom is 0.119 e. The van der Waals surface area contributed by atoms with E-state index in [2.05, 4.69) is 31.2 Å². The Kier molecular flexibility index (Phi) is 10.5. The average molecular weight is 445 g/mol. The van der Waals surface area contributed by atoms with Crippen molar-refractivity contribution in [3.8, 4) is 11.5 Å². The zero-order chi connectivity index (χ0) is 21.2. The van der Waals surface area contributed by atoms with Crippen molar-refractivity contribution in [3.63, 3.8) is 0 Å². The molecule has 0 aliphatic heterocycles. The van der Waals surface area contributed by atoms with Crippen LogP contribution in [0.4, 0.5) is 0 Å². The maximum absolute atomic E-state index is 5.73. The molecule has 7 heteroatoms. The predicted molar refractivity (Wildman–Crippen MR) is 125 cm³/mol. The van der Waals surface area contributed by atoms with Gasteiger partial charge in [0.25, 0.3) is 0 Å². The van der Waals surface area contributed by atoms with E-state index in [1.165, 1.54) is 16.0 Å². The van der Waals surface area contributed by atoms with Crippen LogP contribution in [0.2, 0.25) is 0 Å². The Morgan fingerprint density at radius 3 is 1.87 bits per heavy atom. The van der Waals surface area contributed by atoms with Gasteiger partial charge in [-0.05, 0) is 42.3 Å². The van der Waals surface area contributed by atoms with E-state index in [4.69, 9.17) is 23.9 Å². The number of aromatic nitrogens is 1. The SMILES string of the molecule is COCCOc1cccc(Cc2nc(C)c(Cc3cccc(OCCOC)c3)s2)c1.N. The Bertz CT molecular complexity index is 929. The lowest BCUT2D eigenvalue weighted by atomic mass is 10.1. The van der Waals surface area contributed by atoms with Gasteiger partial charge in [-0.1, -0.05) is 24.3 Å². The van der Waals surface area contributed by atoms with E-state index in [9.17, 15) is 0 Å². The number of benzene rings is 2. The van der Waals surface area contributed by atoms with Gasteiger partial charge in [-0.3, -0.25) is 0 Å². The van der Waals surface area contributed by atoms with Gasteiger partial charge in [0.2, 0.25) is 0 Å². The minimum Gasteiger partial charge on any atom is -0.491 e. The van der Waals surface area contributed by atoms with E-state index in [1.54, 1.807) is 25.6 Å². The molecule has 0 bridgehead atoms. The molecule has 0 aliphatic carbocycles. The molecular weight excluding hydrogens is 412 g/mol. The number of hydrogen-bond donors (Lipinski definition) is 1. The fourth-order valence-electron chi connectivity index (χ4n) is 3.06. The summed E-state index contributed by atoms with van der Waals surface area (Å²) in [7, 11) is 3.35. The minimum absolute atomic E-state index is 0. The summed E-state index contributed by atoms with van der Waals surface area (Å²) in [6, 6.07) is 16.4.